The zero-order valence-electron chi connectivity index (χ0n) is 20.0. The second kappa shape index (κ2) is 12.1. The van der Waals surface area contributed by atoms with Crippen LogP contribution in [0.2, 0.25) is 0 Å². The van der Waals surface area contributed by atoms with Gasteiger partial charge in [0, 0.05) is 23.8 Å². The smallest absolute Gasteiger partial charge is 0.408 e. The highest BCUT2D eigenvalue weighted by atomic mass is 32.2. The summed E-state index contributed by atoms with van der Waals surface area (Å²) >= 11 is 1.51. The molecule has 4 rings (SSSR count). The van der Waals surface area contributed by atoms with E-state index in [-0.39, 0.29) is 29.1 Å². The third kappa shape index (κ3) is 6.71. The second-order valence-corrected chi connectivity index (χ2v) is 9.10. The number of ether oxygens (including phenoxy) is 2. The first-order chi connectivity index (χ1) is 17.9. The molecule has 37 heavy (non-hydrogen) atoms. The molecule has 1 heterocycles. The second-order valence-electron chi connectivity index (χ2n) is 8.12. The Bertz CT molecular complexity index is 1440. The Kier molecular flexibility index (Phi) is 8.48. The summed E-state index contributed by atoms with van der Waals surface area (Å²) in [6.07, 6.45) is 1.42. The van der Waals surface area contributed by atoms with Crippen molar-refractivity contribution in [2.45, 2.75) is 19.1 Å². The van der Waals surface area contributed by atoms with E-state index in [1.54, 1.807) is 12.1 Å². The van der Waals surface area contributed by atoms with Crippen LogP contribution >= 0.6 is 11.8 Å². The van der Waals surface area contributed by atoms with Crippen molar-refractivity contribution in [1.82, 2.24) is 5.32 Å². The van der Waals surface area contributed by atoms with Crippen molar-refractivity contribution < 1.29 is 28.6 Å². The van der Waals surface area contributed by atoms with E-state index in [1.807, 2.05) is 54.8 Å². The van der Waals surface area contributed by atoms with Crippen molar-refractivity contribution in [1.29, 1.82) is 0 Å². The molecule has 0 aliphatic heterocycles. The maximum atomic E-state index is 13.0. The van der Waals surface area contributed by atoms with Crippen LogP contribution in [0.25, 0.3) is 22.3 Å². The van der Waals surface area contributed by atoms with Crippen LogP contribution in [0.4, 0.5) is 4.79 Å². The fourth-order valence-electron chi connectivity index (χ4n) is 3.63. The molecule has 2 N–H and O–H groups in total. The third-order valence-corrected chi connectivity index (χ3v) is 6.10. The molecule has 1 amide bonds. The molecule has 0 aliphatic carbocycles. The van der Waals surface area contributed by atoms with Gasteiger partial charge in [-0.1, -0.05) is 60.7 Å². The van der Waals surface area contributed by atoms with E-state index in [0.29, 0.717) is 23.5 Å². The van der Waals surface area contributed by atoms with Gasteiger partial charge in [0.05, 0.1) is 0 Å². The molecule has 0 radical (unpaired) electrons. The van der Waals surface area contributed by atoms with Gasteiger partial charge in [0.1, 0.15) is 40.9 Å². The number of esters is 1. The first-order valence-corrected chi connectivity index (χ1v) is 12.9. The van der Waals surface area contributed by atoms with Crippen molar-refractivity contribution >= 4 is 34.8 Å². The molecule has 0 aliphatic rings. The monoisotopic (exact) mass is 519 g/mol. The molecule has 8 nitrogen and oxygen atoms in total. The first kappa shape index (κ1) is 25.8. The van der Waals surface area contributed by atoms with Gasteiger partial charge in [-0.15, -0.1) is 0 Å². The number of benzene rings is 3. The number of fused-ring (bicyclic) bond motifs is 1. The number of alkyl carbamates (subject to hydrolysis) is 1. The summed E-state index contributed by atoms with van der Waals surface area (Å²) in [5.41, 5.74) is 1.11. The maximum Gasteiger partial charge on any atom is 0.408 e. The number of aromatic hydroxyl groups is 1. The lowest BCUT2D eigenvalue weighted by atomic mass is 10.1. The number of carbonyl (C=O) groups is 2. The minimum absolute atomic E-state index is 0.0268. The zero-order valence-corrected chi connectivity index (χ0v) is 20.8. The molecule has 190 valence electrons. The molecule has 0 saturated carbocycles. The number of hydrogen-bond acceptors (Lipinski definition) is 8. The van der Waals surface area contributed by atoms with Crippen LogP contribution in [0.3, 0.4) is 0 Å². The van der Waals surface area contributed by atoms with Crippen LogP contribution in [0, 0.1) is 0 Å². The summed E-state index contributed by atoms with van der Waals surface area (Å²) in [4.78, 5) is 38.0. The number of phenols is 1. The molecule has 3 aromatic carbocycles. The maximum absolute atomic E-state index is 13.0. The van der Waals surface area contributed by atoms with E-state index in [0.717, 1.165) is 5.56 Å². The number of rotatable bonds is 9. The van der Waals surface area contributed by atoms with E-state index in [9.17, 15) is 19.5 Å². The van der Waals surface area contributed by atoms with Crippen molar-refractivity contribution in [2.24, 2.45) is 0 Å². The summed E-state index contributed by atoms with van der Waals surface area (Å²) in [6, 6.07) is 21.0. The van der Waals surface area contributed by atoms with Gasteiger partial charge in [0.2, 0.25) is 0 Å². The number of nitrogens with one attached hydrogen (secondary N) is 1. The summed E-state index contributed by atoms with van der Waals surface area (Å²) in [7, 11) is 0. The van der Waals surface area contributed by atoms with Gasteiger partial charge in [0.25, 0.3) is 0 Å². The molecule has 1 aromatic heterocycles. The molecule has 1 atom stereocenters. The van der Waals surface area contributed by atoms with Crippen LogP contribution in [0.5, 0.6) is 11.5 Å². The average Bonchev–Trinajstić information content (AvgIpc) is 2.90. The molecular formula is C28H25NO7S. The van der Waals surface area contributed by atoms with Gasteiger partial charge in [-0.25, -0.2) is 9.59 Å². The predicted molar refractivity (Wildman–Crippen MR) is 142 cm³/mol. The lowest BCUT2D eigenvalue weighted by Crippen LogP contribution is -2.43. The molecule has 0 fully saturated rings. The fourth-order valence-corrected chi connectivity index (χ4v) is 4.10. The number of phenolic OH excluding ortho intramolecular Hbond substituents is 1. The molecule has 0 saturated heterocycles. The Morgan fingerprint density at radius 2 is 1.73 bits per heavy atom. The van der Waals surface area contributed by atoms with Gasteiger partial charge in [-0.3, -0.25) is 4.79 Å². The van der Waals surface area contributed by atoms with Crippen molar-refractivity contribution in [3.8, 4) is 22.8 Å². The van der Waals surface area contributed by atoms with E-state index in [1.165, 1.54) is 30.0 Å². The molecule has 0 bridgehead atoms. The summed E-state index contributed by atoms with van der Waals surface area (Å²) in [5.74, 6) is -0.272. The molecule has 4 aromatic rings. The summed E-state index contributed by atoms with van der Waals surface area (Å²) < 4.78 is 16.6. The minimum Gasteiger partial charge on any atom is -0.507 e. The van der Waals surface area contributed by atoms with Crippen LogP contribution in [0.1, 0.15) is 12.0 Å². The number of thioether (sulfide) groups is 1. The minimum atomic E-state index is -0.990. The van der Waals surface area contributed by atoms with Crippen molar-refractivity contribution in [2.75, 3.05) is 12.0 Å². The summed E-state index contributed by atoms with van der Waals surface area (Å²) in [6.45, 7) is 0.0539. The Morgan fingerprint density at radius 3 is 2.43 bits per heavy atom. The standard InChI is InChI=1S/C28H25NO7S/c1-37-13-12-21(29-28(33)34-17-18-8-4-2-5-9-18)27(32)35-20-14-22(30)26-23(31)16-24(36-25(26)15-20)19-10-6-3-7-11-19/h2-11,14-16,21,30H,12-13,17H2,1H3,(H,29,33). The highest BCUT2D eigenvalue weighted by Gasteiger charge is 2.24. The Hall–Kier alpha value is -4.24. The first-order valence-electron chi connectivity index (χ1n) is 11.5. The number of amides is 1. The van der Waals surface area contributed by atoms with Gasteiger partial charge in [0.15, 0.2) is 5.43 Å². The molecular weight excluding hydrogens is 494 g/mol. The zero-order chi connectivity index (χ0) is 26.2. The van der Waals surface area contributed by atoms with Crippen LogP contribution in [-0.2, 0) is 16.1 Å². The fraction of sp³-hybridized carbons (Fsp3) is 0.179. The molecule has 9 heteroatoms. The lowest BCUT2D eigenvalue weighted by molar-refractivity contribution is -0.136. The third-order valence-electron chi connectivity index (χ3n) is 5.46. The van der Waals surface area contributed by atoms with Crippen LogP contribution in [-0.4, -0.2) is 35.2 Å². The Morgan fingerprint density at radius 1 is 1.03 bits per heavy atom. The van der Waals surface area contributed by atoms with Gasteiger partial charge in [-0.05, 0) is 24.0 Å². The number of hydrogen-bond donors (Lipinski definition) is 2. The van der Waals surface area contributed by atoms with Gasteiger partial charge in [-0.2, -0.15) is 11.8 Å². The number of carbonyl (C=O) groups excluding carboxylic acids is 2. The lowest BCUT2D eigenvalue weighted by Gasteiger charge is -2.17. The largest absolute Gasteiger partial charge is 0.507 e. The van der Waals surface area contributed by atoms with Crippen LogP contribution < -0.4 is 15.5 Å². The highest BCUT2D eigenvalue weighted by molar-refractivity contribution is 7.98. The normalized spacial score (nSPS) is 11.6. The molecule has 0 spiro atoms. The molecule has 1 unspecified atom stereocenters. The van der Waals surface area contributed by atoms with Gasteiger partial charge >= 0.3 is 12.1 Å². The van der Waals surface area contributed by atoms with E-state index >= 15 is 0 Å². The summed E-state index contributed by atoms with van der Waals surface area (Å²) in [5, 5.41) is 13.0. The predicted octanol–water partition coefficient (Wildman–Crippen LogP) is 5.12. The van der Waals surface area contributed by atoms with E-state index in [2.05, 4.69) is 5.32 Å². The van der Waals surface area contributed by atoms with Gasteiger partial charge < -0.3 is 24.3 Å². The Balaban J connectivity index is 1.52. The van der Waals surface area contributed by atoms with Crippen molar-refractivity contribution in [3.05, 3.63) is 94.6 Å². The van der Waals surface area contributed by atoms with E-state index in [4.69, 9.17) is 13.9 Å². The van der Waals surface area contributed by atoms with E-state index < -0.39 is 23.5 Å². The SMILES string of the molecule is CSCCC(NC(=O)OCc1ccccc1)C(=O)Oc1cc(O)c2c(=O)cc(-c3ccccc3)oc2c1. The average molecular weight is 520 g/mol. The topological polar surface area (TPSA) is 115 Å². The quantitative estimate of drug-likeness (QED) is 0.231. The Labute approximate surface area is 217 Å². The highest BCUT2D eigenvalue weighted by Crippen LogP contribution is 2.31. The van der Waals surface area contributed by atoms with Crippen molar-refractivity contribution in [3.63, 3.8) is 0 Å². The van der Waals surface area contributed by atoms with Crippen LogP contribution in [0.15, 0.2) is 88.1 Å².